The van der Waals surface area contributed by atoms with E-state index in [0.29, 0.717) is 0 Å². The van der Waals surface area contributed by atoms with Gasteiger partial charge in [0.15, 0.2) is 0 Å². The molecule has 1 nitrogen and oxygen atoms in total. The zero-order chi connectivity index (χ0) is 17.9. The van der Waals surface area contributed by atoms with E-state index in [-0.39, 0.29) is 5.41 Å². The largest absolute Gasteiger partial charge is 0.247 e. The van der Waals surface area contributed by atoms with Gasteiger partial charge >= 0.3 is 0 Å². The summed E-state index contributed by atoms with van der Waals surface area (Å²) < 4.78 is 0. The van der Waals surface area contributed by atoms with Gasteiger partial charge in [0.25, 0.3) is 0 Å². The van der Waals surface area contributed by atoms with E-state index in [1.54, 1.807) is 0 Å². The maximum absolute atomic E-state index is 5.09. The van der Waals surface area contributed by atoms with Gasteiger partial charge < -0.3 is 0 Å². The summed E-state index contributed by atoms with van der Waals surface area (Å²) in [6, 6.07) is 15.7. The Labute approximate surface area is 150 Å². The number of hydrogen-bond donors (Lipinski definition) is 0. The molecule has 0 saturated carbocycles. The van der Waals surface area contributed by atoms with E-state index in [4.69, 9.17) is 4.99 Å². The minimum atomic E-state index is 0.116. The zero-order valence-electron chi connectivity index (χ0n) is 16.0. The molecule has 0 unspecified atom stereocenters. The maximum Gasteiger partial charge on any atom is 0.0789 e. The van der Waals surface area contributed by atoms with Crippen LogP contribution in [0.3, 0.4) is 0 Å². The van der Waals surface area contributed by atoms with Crippen LogP contribution in [-0.2, 0) is 5.41 Å². The lowest BCUT2D eigenvalue weighted by molar-refractivity contribution is 0.595. The third-order valence-electron chi connectivity index (χ3n) is 5.11. The average Bonchev–Trinajstić information content (AvgIpc) is 2.90. The zero-order valence-corrected chi connectivity index (χ0v) is 16.0. The van der Waals surface area contributed by atoms with Crippen LogP contribution in [0.5, 0.6) is 0 Å². The number of benzene rings is 3. The fourth-order valence-electron chi connectivity index (χ4n) is 4.06. The maximum atomic E-state index is 5.09. The Hall–Kier alpha value is -2.41. The molecule has 4 rings (SSSR count). The van der Waals surface area contributed by atoms with Crippen LogP contribution in [0.1, 0.15) is 54.2 Å². The molecule has 0 N–H and O–H groups in total. The van der Waals surface area contributed by atoms with Crippen molar-refractivity contribution in [1.82, 2.24) is 0 Å². The third-order valence-corrected chi connectivity index (χ3v) is 5.11. The number of hydrogen-bond acceptors (Lipinski definition) is 1. The summed E-state index contributed by atoms with van der Waals surface area (Å²) in [4.78, 5) is 5.09. The normalized spacial score (nSPS) is 13.4. The molecule has 0 aliphatic carbocycles. The van der Waals surface area contributed by atoms with Crippen LogP contribution in [0.25, 0.3) is 10.8 Å². The van der Waals surface area contributed by atoms with Crippen LogP contribution in [-0.4, -0.2) is 5.71 Å². The van der Waals surface area contributed by atoms with E-state index in [9.17, 15) is 0 Å². The summed E-state index contributed by atoms with van der Waals surface area (Å²) in [5, 5.41) is 2.66. The van der Waals surface area contributed by atoms with Gasteiger partial charge in [-0.05, 0) is 54.8 Å². The van der Waals surface area contributed by atoms with Gasteiger partial charge in [-0.3, -0.25) is 0 Å². The Morgan fingerprint density at radius 2 is 1.52 bits per heavy atom. The van der Waals surface area contributed by atoms with E-state index in [0.717, 1.165) is 11.4 Å². The van der Waals surface area contributed by atoms with Crippen molar-refractivity contribution in [3.8, 4) is 0 Å². The fraction of sp³-hybridized carbons (Fsp3) is 0.292. The van der Waals surface area contributed by atoms with Gasteiger partial charge in [-0.1, -0.05) is 62.2 Å². The van der Waals surface area contributed by atoms with Crippen molar-refractivity contribution in [2.75, 3.05) is 0 Å². The highest BCUT2D eigenvalue weighted by Gasteiger charge is 2.26. The molecule has 126 valence electrons. The average molecular weight is 327 g/mol. The first-order valence-corrected chi connectivity index (χ1v) is 9.00. The van der Waals surface area contributed by atoms with Crippen molar-refractivity contribution in [3.63, 3.8) is 0 Å². The van der Waals surface area contributed by atoms with Gasteiger partial charge in [0.05, 0.1) is 11.4 Å². The Balaban J connectivity index is 2.04. The van der Waals surface area contributed by atoms with Gasteiger partial charge in [-0.25, -0.2) is 4.99 Å². The molecule has 25 heavy (non-hydrogen) atoms. The molecule has 1 heterocycles. The van der Waals surface area contributed by atoms with Crippen molar-refractivity contribution in [3.05, 3.63) is 75.8 Å². The molecule has 0 amide bonds. The Bertz CT molecular complexity index is 1030. The quantitative estimate of drug-likeness (QED) is 0.376. The van der Waals surface area contributed by atoms with Crippen LogP contribution >= 0.6 is 0 Å². The highest BCUT2D eigenvalue weighted by molar-refractivity contribution is 6.27. The van der Waals surface area contributed by atoms with Crippen molar-refractivity contribution in [2.24, 2.45) is 4.99 Å². The first-order chi connectivity index (χ1) is 11.8. The van der Waals surface area contributed by atoms with Crippen molar-refractivity contribution in [2.45, 2.75) is 47.0 Å². The highest BCUT2D eigenvalue weighted by atomic mass is 14.8. The number of nitrogens with zero attached hydrogens (tertiary/aromatic N) is 1. The molecule has 1 aliphatic rings. The molecule has 1 heteroatoms. The Morgan fingerprint density at radius 3 is 2.16 bits per heavy atom. The van der Waals surface area contributed by atoms with Gasteiger partial charge in [-0.15, -0.1) is 0 Å². The van der Waals surface area contributed by atoms with Crippen LogP contribution in [0, 0.1) is 20.8 Å². The Kier molecular flexibility index (Phi) is 3.40. The molecule has 0 fully saturated rings. The van der Waals surface area contributed by atoms with E-state index in [1.165, 1.54) is 44.2 Å². The minimum Gasteiger partial charge on any atom is -0.247 e. The van der Waals surface area contributed by atoms with Gasteiger partial charge in [0, 0.05) is 16.5 Å². The van der Waals surface area contributed by atoms with Crippen LogP contribution < -0.4 is 0 Å². The summed E-state index contributed by atoms with van der Waals surface area (Å²) in [6.45, 7) is 13.4. The number of rotatable bonds is 1. The molecule has 0 bridgehead atoms. The van der Waals surface area contributed by atoms with Crippen LogP contribution in [0.2, 0.25) is 0 Å². The predicted octanol–water partition coefficient (Wildman–Crippen LogP) is 6.55. The topological polar surface area (TPSA) is 12.4 Å². The molecular weight excluding hydrogens is 302 g/mol. The monoisotopic (exact) mass is 327 g/mol. The molecule has 1 aliphatic heterocycles. The molecule has 0 atom stereocenters. The van der Waals surface area contributed by atoms with E-state index in [2.05, 4.69) is 84.0 Å². The second-order valence-corrected chi connectivity index (χ2v) is 8.40. The summed E-state index contributed by atoms with van der Waals surface area (Å²) in [7, 11) is 0. The molecule has 0 aromatic heterocycles. The van der Waals surface area contributed by atoms with Crippen molar-refractivity contribution in [1.29, 1.82) is 0 Å². The molecule has 0 spiro atoms. The second-order valence-electron chi connectivity index (χ2n) is 8.40. The summed E-state index contributed by atoms with van der Waals surface area (Å²) in [5.41, 5.74) is 10.1. The van der Waals surface area contributed by atoms with Crippen molar-refractivity contribution >= 4 is 22.2 Å². The number of aryl methyl sites for hydroxylation is 3. The molecule has 3 aromatic carbocycles. The van der Waals surface area contributed by atoms with Crippen LogP contribution in [0.15, 0.2) is 47.5 Å². The summed E-state index contributed by atoms with van der Waals surface area (Å²) >= 11 is 0. The SMILES string of the molecule is Cc1cc(C)cc(C2=Nc3c(C)cc(C(C)(C)C)c4cccc2c34)c1. The van der Waals surface area contributed by atoms with Gasteiger partial charge in [0.2, 0.25) is 0 Å². The van der Waals surface area contributed by atoms with Gasteiger partial charge in [-0.2, -0.15) is 0 Å². The third kappa shape index (κ3) is 2.50. The first kappa shape index (κ1) is 16.1. The summed E-state index contributed by atoms with van der Waals surface area (Å²) in [5.74, 6) is 0. The highest BCUT2D eigenvalue weighted by Crippen LogP contribution is 2.44. The molecular formula is C24H25N. The lowest BCUT2D eigenvalue weighted by Gasteiger charge is -2.23. The Morgan fingerprint density at radius 1 is 0.840 bits per heavy atom. The van der Waals surface area contributed by atoms with Gasteiger partial charge in [0.1, 0.15) is 0 Å². The minimum absolute atomic E-state index is 0.116. The predicted molar refractivity (Wildman–Crippen MR) is 109 cm³/mol. The smallest absolute Gasteiger partial charge is 0.0789 e. The standard InChI is InChI=1S/C24H25N/c1-14-10-15(2)12-17(11-14)23-19-9-7-8-18-20(24(4,5)6)13-16(3)22(25-23)21(18)19/h7-13H,1-6H3. The molecule has 0 radical (unpaired) electrons. The molecule has 3 aromatic rings. The van der Waals surface area contributed by atoms with Crippen molar-refractivity contribution < 1.29 is 0 Å². The lowest BCUT2D eigenvalue weighted by Crippen LogP contribution is -2.12. The summed E-state index contributed by atoms with van der Waals surface area (Å²) in [6.07, 6.45) is 0. The lowest BCUT2D eigenvalue weighted by atomic mass is 9.81. The van der Waals surface area contributed by atoms with Crippen LogP contribution in [0.4, 0.5) is 5.69 Å². The molecule has 0 saturated heterocycles. The van der Waals surface area contributed by atoms with E-state index >= 15 is 0 Å². The van der Waals surface area contributed by atoms with E-state index < -0.39 is 0 Å². The van der Waals surface area contributed by atoms with E-state index in [1.807, 2.05) is 0 Å². The number of aliphatic imine (C=N–C) groups is 1. The fourth-order valence-corrected chi connectivity index (χ4v) is 4.06. The second kappa shape index (κ2) is 5.29. The first-order valence-electron chi connectivity index (χ1n) is 9.00.